The van der Waals surface area contributed by atoms with Crippen molar-refractivity contribution in [1.82, 2.24) is 24.1 Å². The number of benzene rings is 2. The van der Waals surface area contributed by atoms with Gasteiger partial charge >= 0.3 is 0 Å². The summed E-state index contributed by atoms with van der Waals surface area (Å²) in [5.41, 5.74) is 2.56. The summed E-state index contributed by atoms with van der Waals surface area (Å²) in [5, 5.41) is 9.52. The number of carbonyl (C=O) groups excluding carboxylic acids is 1. The number of rotatable bonds is 6. The van der Waals surface area contributed by atoms with Gasteiger partial charge in [0, 0.05) is 28.4 Å². The molecule has 0 aliphatic rings. The third kappa shape index (κ3) is 4.18. The van der Waals surface area contributed by atoms with Crippen LogP contribution in [0.5, 0.6) is 0 Å². The monoisotopic (exact) mass is 456 g/mol. The first-order valence-corrected chi connectivity index (χ1v) is 11.3. The van der Waals surface area contributed by atoms with Crippen molar-refractivity contribution in [2.45, 2.75) is 19.9 Å². The van der Waals surface area contributed by atoms with Crippen molar-refractivity contribution >= 4 is 28.2 Å². The van der Waals surface area contributed by atoms with Crippen molar-refractivity contribution in [1.29, 1.82) is 0 Å². The maximum atomic E-state index is 13.4. The van der Waals surface area contributed by atoms with E-state index < -0.39 is 0 Å². The molecule has 33 heavy (non-hydrogen) atoms. The largest absolute Gasteiger partial charge is 0.309 e. The summed E-state index contributed by atoms with van der Waals surface area (Å²) in [4.78, 5) is 34.8. The van der Waals surface area contributed by atoms with Gasteiger partial charge in [-0.15, -0.1) is 16.4 Å². The Hall–Kier alpha value is -4.11. The van der Waals surface area contributed by atoms with Gasteiger partial charge in [0.1, 0.15) is 0 Å². The van der Waals surface area contributed by atoms with Crippen molar-refractivity contribution in [3.63, 3.8) is 0 Å². The zero-order valence-electron chi connectivity index (χ0n) is 17.8. The Morgan fingerprint density at radius 1 is 1.06 bits per heavy atom. The highest BCUT2D eigenvalue weighted by molar-refractivity contribution is 7.13. The van der Waals surface area contributed by atoms with Crippen LogP contribution >= 0.6 is 11.3 Å². The number of anilines is 1. The van der Waals surface area contributed by atoms with E-state index in [1.54, 1.807) is 11.6 Å². The van der Waals surface area contributed by atoms with Crippen LogP contribution in [0.3, 0.4) is 0 Å². The van der Waals surface area contributed by atoms with E-state index in [0.717, 1.165) is 11.1 Å². The minimum absolute atomic E-state index is 0.0878. The lowest BCUT2D eigenvalue weighted by molar-refractivity contribution is -0.115. The Morgan fingerprint density at radius 2 is 1.79 bits per heavy atom. The third-order valence-electron chi connectivity index (χ3n) is 5.36. The van der Waals surface area contributed by atoms with E-state index in [0.29, 0.717) is 34.5 Å². The van der Waals surface area contributed by atoms with Crippen LogP contribution in [0.4, 0.5) is 5.13 Å². The molecule has 0 fully saturated rings. The lowest BCUT2D eigenvalue weighted by Gasteiger charge is -2.15. The first-order chi connectivity index (χ1) is 16.1. The molecule has 0 saturated carbocycles. The van der Waals surface area contributed by atoms with Gasteiger partial charge in [0.2, 0.25) is 11.7 Å². The maximum Gasteiger partial charge on any atom is 0.279 e. The number of aromatic nitrogens is 5. The molecule has 5 aromatic rings. The van der Waals surface area contributed by atoms with Gasteiger partial charge < -0.3 is 9.88 Å². The highest BCUT2D eigenvalue weighted by Crippen LogP contribution is 2.19. The molecular formula is C24H20N6O2S. The third-order valence-corrected chi connectivity index (χ3v) is 6.04. The molecule has 0 bridgehead atoms. The van der Waals surface area contributed by atoms with Crippen molar-refractivity contribution in [2.24, 2.45) is 0 Å². The maximum absolute atomic E-state index is 13.4. The van der Waals surface area contributed by atoms with Gasteiger partial charge in [-0.05, 0) is 12.5 Å². The molecule has 0 spiro atoms. The molecule has 3 heterocycles. The highest BCUT2D eigenvalue weighted by atomic mass is 32.1. The normalized spacial score (nSPS) is 11.1. The van der Waals surface area contributed by atoms with Crippen LogP contribution in [0, 0.1) is 6.92 Å². The minimum Gasteiger partial charge on any atom is -0.309 e. The molecule has 0 saturated heterocycles. The Morgan fingerprint density at radius 3 is 2.48 bits per heavy atom. The molecule has 2 aromatic carbocycles. The summed E-state index contributed by atoms with van der Waals surface area (Å²) in [5.74, 6) is 0.585. The van der Waals surface area contributed by atoms with Gasteiger partial charge in [-0.3, -0.25) is 9.59 Å². The van der Waals surface area contributed by atoms with Crippen LogP contribution in [0.2, 0.25) is 0 Å². The van der Waals surface area contributed by atoms with E-state index in [2.05, 4.69) is 20.4 Å². The summed E-state index contributed by atoms with van der Waals surface area (Å²) >= 11 is 1.32. The zero-order chi connectivity index (χ0) is 22.8. The van der Waals surface area contributed by atoms with Gasteiger partial charge in [-0.25, -0.2) is 4.98 Å². The molecule has 1 amide bonds. The van der Waals surface area contributed by atoms with E-state index in [1.807, 2.05) is 72.2 Å². The zero-order valence-corrected chi connectivity index (χ0v) is 18.6. The lowest BCUT2D eigenvalue weighted by Crippen LogP contribution is -2.29. The molecule has 3 aromatic heterocycles. The van der Waals surface area contributed by atoms with Crippen molar-refractivity contribution in [3.05, 3.63) is 99.4 Å². The number of thiazole rings is 1. The first-order valence-electron chi connectivity index (χ1n) is 10.4. The average Bonchev–Trinajstić information content (AvgIpc) is 3.51. The Kier molecular flexibility index (Phi) is 5.54. The van der Waals surface area contributed by atoms with Crippen LogP contribution in [-0.2, 0) is 17.8 Å². The molecule has 9 heteroatoms. The smallest absolute Gasteiger partial charge is 0.279 e. The van der Waals surface area contributed by atoms with Crippen molar-refractivity contribution in [2.75, 3.05) is 5.32 Å². The SMILES string of the molecule is Cc1c(CC(=O)Nc2nccs2)c(=O)n2nc(-c3ccccc3)nc2n1Cc1ccccc1. The fraction of sp³-hybridized carbons (Fsp3) is 0.125. The molecule has 0 radical (unpaired) electrons. The fourth-order valence-electron chi connectivity index (χ4n) is 3.69. The second-order valence-corrected chi connectivity index (χ2v) is 8.41. The summed E-state index contributed by atoms with van der Waals surface area (Å²) in [6.07, 6.45) is 1.53. The van der Waals surface area contributed by atoms with E-state index >= 15 is 0 Å². The number of carbonyl (C=O) groups is 1. The standard InChI is InChI=1S/C24H20N6O2S/c1-16-19(14-20(31)26-23-25-12-13-33-23)22(32)30-24(29(16)15-17-8-4-2-5-9-17)27-21(28-30)18-10-6-3-7-11-18/h2-13H,14-15H2,1H3,(H,25,26,31). The number of fused-ring (bicyclic) bond motifs is 1. The number of hydrogen-bond acceptors (Lipinski definition) is 6. The Balaban J connectivity index is 1.63. The van der Waals surface area contributed by atoms with Gasteiger partial charge in [-0.2, -0.15) is 9.50 Å². The molecule has 0 aliphatic heterocycles. The molecule has 5 rings (SSSR count). The molecule has 8 nitrogen and oxygen atoms in total. The van der Waals surface area contributed by atoms with Crippen LogP contribution in [0.15, 0.2) is 77.0 Å². The van der Waals surface area contributed by atoms with E-state index in [-0.39, 0.29) is 17.9 Å². The predicted molar refractivity (Wildman–Crippen MR) is 127 cm³/mol. The van der Waals surface area contributed by atoms with Crippen LogP contribution in [-0.4, -0.2) is 30.1 Å². The topological polar surface area (TPSA) is 94.2 Å². The molecular weight excluding hydrogens is 436 g/mol. The van der Waals surface area contributed by atoms with Crippen LogP contribution < -0.4 is 10.9 Å². The van der Waals surface area contributed by atoms with E-state index in [1.165, 1.54) is 15.9 Å². The summed E-state index contributed by atoms with van der Waals surface area (Å²) in [6.45, 7) is 2.33. The van der Waals surface area contributed by atoms with Crippen molar-refractivity contribution < 1.29 is 4.79 Å². The molecule has 0 aliphatic carbocycles. The van der Waals surface area contributed by atoms with Crippen LogP contribution in [0.1, 0.15) is 16.8 Å². The quantitative estimate of drug-likeness (QED) is 0.422. The Labute approximate surface area is 193 Å². The molecule has 1 N–H and O–H groups in total. The van der Waals surface area contributed by atoms with Gasteiger partial charge in [0.05, 0.1) is 13.0 Å². The average molecular weight is 457 g/mol. The number of hydrogen-bond donors (Lipinski definition) is 1. The highest BCUT2D eigenvalue weighted by Gasteiger charge is 2.21. The first kappa shape index (κ1) is 20.8. The molecule has 164 valence electrons. The summed E-state index contributed by atoms with van der Waals surface area (Å²) in [7, 11) is 0. The van der Waals surface area contributed by atoms with Gasteiger partial charge in [0.15, 0.2) is 11.0 Å². The Bertz CT molecular complexity index is 1470. The molecule has 0 unspecified atom stereocenters. The second kappa shape index (κ2) is 8.79. The predicted octanol–water partition coefficient (Wildman–Crippen LogP) is 3.55. The minimum atomic E-state index is -0.351. The van der Waals surface area contributed by atoms with Crippen LogP contribution in [0.25, 0.3) is 17.2 Å². The van der Waals surface area contributed by atoms with Gasteiger partial charge in [0.25, 0.3) is 5.56 Å². The van der Waals surface area contributed by atoms with E-state index in [4.69, 9.17) is 0 Å². The van der Waals surface area contributed by atoms with E-state index in [9.17, 15) is 9.59 Å². The number of amides is 1. The molecule has 0 atom stereocenters. The number of nitrogens with zero attached hydrogens (tertiary/aromatic N) is 5. The van der Waals surface area contributed by atoms with Gasteiger partial charge in [-0.1, -0.05) is 60.7 Å². The second-order valence-electron chi connectivity index (χ2n) is 7.52. The summed E-state index contributed by atoms with van der Waals surface area (Å²) in [6, 6.07) is 19.4. The summed E-state index contributed by atoms with van der Waals surface area (Å²) < 4.78 is 3.23. The fourth-order valence-corrected chi connectivity index (χ4v) is 4.23. The number of nitrogens with one attached hydrogen (secondary N) is 1. The lowest BCUT2D eigenvalue weighted by atomic mass is 10.1. The van der Waals surface area contributed by atoms with Crippen molar-refractivity contribution in [3.8, 4) is 11.4 Å².